The lowest BCUT2D eigenvalue weighted by Crippen LogP contribution is -2.37. The van der Waals surface area contributed by atoms with Crippen molar-refractivity contribution in [1.82, 2.24) is 4.31 Å². The summed E-state index contributed by atoms with van der Waals surface area (Å²) in [6, 6.07) is 3.18. The van der Waals surface area contributed by atoms with Gasteiger partial charge in [0, 0.05) is 17.1 Å². The molecule has 0 saturated carbocycles. The second-order valence-electron chi connectivity index (χ2n) is 3.85. The van der Waals surface area contributed by atoms with Crippen LogP contribution in [0.25, 0.3) is 0 Å². The Balaban J connectivity index is 3.39. The number of aliphatic hydroxyl groups excluding tert-OH is 1. The zero-order valence-corrected chi connectivity index (χ0v) is 12.8. The minimum Gasteiger partial charge on any atom is -0.395 e. The average Bonchev–Trinajstić information content (AvgIpc) is 2.37. The van der Waals surface area contributed by atoms with Crippen LogP contribution < -0.4 is 0 Å². The molecular formula is C10H11BrF2N2O5S. The summed E-state index contributed by atoms with van der Waals surface area (Å²) in [6.45, 7) is -2.43. The van der Waals surface area contributed by atoms with Gasteiger partial charge in [-0.1, -0.05) is 15.9 Å². The van der Waals surface area contributed by atoms with E-state index in [-0.39, 0.29) is 4.47 Å². The van der Waals surface area contributed by atoms with Gasteiger partial charge in [0.2, 0.25) is 10.0 Å². The van der Waals surface area contributed by atoms with E-state index >= 15 is 0 Å². The predicted octanol–water partition coefficient (Wildman–Crippen LogP) is 1.61. The summed E-state index contributed by atoms with van der Waals surface area (Å²) in [7, 11) is -4.53. The van der Waals surface area contributed by atoms with Crippen LogP contribution in [0.2, 0.25) is 0 Å². The summed E-state index contributed by atoms with van der Waals surface area (Å²) in [4.78, 5) is 9.26. The van der Waals surface area contributed by atoms with Crippen LogP contribution in [0.4, 0.5) is 14.5 Å². The highest BCUT2D eigenvalue weighted by molar-refractivity contribution is 9.10. The molecule has 0 saturated heterocycles. The van der Waals surface area contributed by atoms with Crippen molar-refractivity contribution in [3.8, 4) is 0 Å². The van der Waals surface area contributed by atoms with Gasteiger partial charge < -0.3 is 5.11 Å². The number of rotatable bonds is 7. The summed E-state index contributed by atoms with van der Waals surface area (Å²) in [6.07, 6.45) is -2.97. The van der Waals surface area contributed by atoms with Gasteiger partial charge in [-0.15, -0.1) is 0 Å². The first-order chi connectivity index (χ1) is 9.70. The lowest BCUT2D eigenvalue weighted by molar-refractivity contribution is -0.387. The number of alkyl halides is 2. The number of nitro benzene ring substituents is 1. The van der Waals surface area contributed by atoms with Gasteiger partial charge in [-0.25, -0.2) is 17.2 Å². The van der Waals surface area contributed by atoms with Crippen molar-refractivity contribution in [2.45, 2.75) is 11.3 Å². The van der Waals surface area contributed by atoms with Gasteiger partial charge in [0.15, 0.2) is 4.90 Å². The third kappa shape index (κ3) is 4.40. The molecule has 0 spiro atoms. The molecule has 7 nitrogen and oxygen atoms in total. The van der Waals surface area contributed by atoms with Crippen molar-refractivity contribution in [1.29, 1.82) is 0 Å². The zero-order chi connectivity index (χ0) is 16.2. The third-order valence-corrected chi connectivity index (χ3v) is 4.81. The molecule has 11 heteroatoms. The monoisotopic (exact) mass is 388 g/mol. The van der Waals surface area contributed by atoms with Crippen molar-refractivity contribution in [3.05, 3.63) is 32.8 Å². The maximum absolute atomic E-state index is 12.5. The number of halogens is 3. The number of aliphatic hydroxyl groups is 1. The summed E-state index contributed by atoms with van der Waals surface area (Å²) in [5.74, 6) is 0. The molecule has 0 radical (unpaired) electrons. The summed E-state index contributed by atoms with van der Waals surface area (Å²) in [5, 5.41) is 19.7. The van der Waals surface area contributed by atoms with Gasteiger partial charge in [-0.3, -0.25) is 10.1 Å². The van der Waals surface area contributed by atoms with Crippen LogP contribution in [0.15, 0.2) is 27.6 Å². The van der Waals surface area contributed by atoms with Crippen molar-refractivity contribution in [2.24, 2.45) is 0 Å². The Morgan fingerprint density at radius 3 is 2.52 bits per heavy atom. The number of nitrogens with zero attached hydrogens (tertiary/aromatic N) is 2. The fourth-order valence-electron chi connectivity index (χ4n) is 1.56. The van der Waals surface area contributed by atoms with Crippen LogP contribution in [0.1, 0.15) is 0 Å². The molecule has 21 heavy (non-hydrogen) atoms. The Hall–Kier alpha value is -1.17. The van der Waals surface area contributed by atoms with Crippen LogP contribution in [-0.2, 0) is 10.0 Å². The SMILES string of the molecule is O=[N+]([O-])c1ccc(Br)cc1S(=O)(=O)N(CCO)CC(F)F. The fourth-order valence-corrected chi connectivity index (χ4v) is 3.66. The summed E-state index contributed by atoms with van der Waals surface area (Å²) < 4.78 is 50.1. The maximum Gasteiger partial charge on any atom is 0.289 e. The molecule has 0 amide bonds. The Kier molecular flexibility index (Phi) is 6.13. The second-order valence-corrected chi connectivity index (χ2v) is 6.67. The molecule has 0 atom stereocenters. The van der Waals surface area contributed by atoms with Crippen LogP contribution in [-0.4, -0.2) is 48.9 Å². The maximum atomic E-state index is 12.5. The van der Waals surface area contributed by atoms with Gasteiger partial charge >= 0.3 is 0 Å². The quantitative estimate of drug-likeness (QED) is 0.564. The molecule has 1 rings (SSSR count). The van der Waals surface area contributed by atoms with E-state index in [1.165, 1.54) is 6.07 Å². The Morgan fingerprint density at radius 1 is 1.43 bits per heavy atom. The molecular weight excluding hydrogens is 378 g/mol. The number of hydrogen-bond donors (Lipinski definition) is 1. The first-order valence-corrected chi connectivity index (χ1v) is 7.76. The van der Waals surface area contributed by atoms with E-state index in [0.29, 0.717) is 4.31 Å². The first-order valence-electron chi connectivity index (χ1n) is 5.53. The minimum atomic E-state index is -4.53. The molecule has 0 aromatic heterocycles. The molecule has 0 fully saturated rings. The molecule has 0 aliphatic rings. The molecule has 0 unspecified atom stereocenters. The number of benzene rings is 1. The molecule has 0 aliphatic heterocycles. The normalized spacial score (nSPS) is 12.1. The molecule has 0 aliphatic carbocycles. The highest BCUT2D eigenvalue weighted by atomic mass is 79.9. The standard InChI is InChI=1S/C10H11BrF2N2O5S/c11-7-1-2-8(15(17)18)9(5-7)21(19,20)14(3-4-16)6-10(12)13/h1-2,5,10,16H,3-4,6H2. The van der Waals surface area contributed by atoms with Crippen LogP contribution in [0, 0.1) is 10.1 Å². The topological polar surface area (TPSA) is 101 Å². The van der Waals surface area contributed by atoms with Crippen molar-refractivity contribution >= 4 is 31.6 Å². The predicted molar refractivity (Wildman–Crippen MR) is 72.6 cm³/mol. The summed E-state index contributed by atoms with van der Waals surface area (Å²) in [5.41, 5.74) is -0.726. The third-order valence-electron chi connectivity index (χ3n) is 2.43. The largest absolute Gasteiger partial charge is 0.395 e. The molecule has 0 bridgehead atoms. The zero-order valence-electron chi connectivity index (χ0n) is 10.4. The molecule has 1 aromatic rings. The summed E-state index contributed by atoms with van der Waals surface area (Å²) >= 11 is 2.97. The number of hydrogen-bond acceptors (Lipinski definition) is 5. The Morgan fingerprint density at radius 2 is 2.05 bits per heavy atom. The molecule has 0 heterocycles. The van der Waals surface area contributed by atoms with Gasteiger partial charge in [-0.2, -0.15) is 4.31 Å². The van der Waals surface area contributed by atoms with Gasteiger partial charge in [0.25, 0.3) is 12.1 Å². The number of sulfonamides is 1. The van der Waals surface area contributed by atoms with E-state index in [0.717, 1.165) is 12.1 Å². The van der Waals surface area contributed by atoms with E-state index < -0.39 is 51.7 Å². The smallest absolute Gasteiger partial charge is 0.289 e. The van der Waals surface area contributed by atoms with E-state index in [1.807, 2.05) is 0 Å². The minimum absolute atomic E-state index is 0.243. The van der Waals surface area contributed by atoms with Gasteiger partial charge in [0.1, 0.15) is 0 Å². The highest BCUT2D eigenvalue weighted by Crippen LogP contribution is 2.29. The van der Waals surface area contributed by atoms with E-state index in [4.69, 9.17) is 5.11 Å². The van der Waals surface area contributed by atoms with Crippen LogP contribution in [0.5, 0.6) is 0 Å². The van der Waals surface area contributed by atoms with E-state index in [1.54, 1.807) is 0 Å². The molecule has 1 aromatic carbocycles. The van der Waals surface area contributed by atoms with Crippen LogP contribution in [0.3, 0.4) is 0 Å². The van der Waals surface area contributed by atoms with Crippen molar-refractivity contribution in [3.63, 3.8) is 0 Å². The van der Waals surface area contributed by atoms with Gasteiger partial charge in [0.05, 0.1) is 18.1 Å². The first kappa shape index (κ1) is 17.9. The second kappa shape index (κ2) is 7.20. The average molecular weight is 389 g/mol. The van der Waals surface area contributed by atoms with E-state index in [9.17, 15) is 27.3 Å². The van der Waals surface area contributed by atoms with Crippen molar-refractivity contribution < 1.29 is 27.2 Å². The lowest BCUT2D eigenvalue weighted by atomic mass is 10.3. The Bertz CT molecular complexity index is 626. The Labute approximate surface area is 127 Å². The molecule has 118 valence electrons. The van der Waals surface area contributed by atoms with E-state index in [2.05, 4.69) is 15.9 Å². The highest BCUT2D eigenvalue weighted by Gasteiger charge is 2.33. The molecule has 1 N–H and O–H groups in total. The van der Waals surface area contributed by atoms with Crippen LogP contribution >= 0.6 is 15.9 Å². The lowest BCUT2D eigenvalue weighted by Gasteiger charge is -2.20. The van der Waals surface area contributed by atoms with Crippen molar-refractivity contribution in [2.75, 3.05) is 19.7 Å². The fraction of sp³-hybridized carbons (Fsp3) is 0.400. The van der Waals surface area contributed by atoms with Gasteiger partial charge in [-0.05, 0) is 12.1 Å². The number of nitro groups is 1.